The number of piperazine rings is 1. The monoisotopic (exact) mass is 252 g/mol. The minimum Gasteiger partial charge on any atom is -0.475 e. The summed E-state index contributed by atoms with van der Waals surface area (Å²) in [5.41, 5.74) is 0.764. The summed E-state index contributed by atoms with van der Waals surface area (Å²) in [6.45, 7) is 9.09. The maximum atomic E-state index is 10.9. The van der Waals surface area contributed by atoms with Gasteiger partial charge in [0.25, 0.3) is 0 Å². The quantitative estimate of drug-likeness (QED) is 0.880. The molecule has 1 saturated heterocycles. The van der Waals surface area contributed by atoms with Crippen molar-refractivity contribution in [3.05, 3.63) is 23.7 Å². The van der Waals surface area contributed by atoms with Crippen LogP contribution in [0.1, 0.15) is 30.0 Å². The third kappa shape index (κ3) is 2.91. The van der Waals surface area contributed by atoms with E-state index in [1.54, 1.807) is 6.07 Å². The molecule has 5 heteroatoms. The van der Waals surface area contributed by atoms with Crippen LogP contribution < -0.4 is 0 Å². The van der Waals surface area contributed by atoms with Crippen molar-refractivity contribution < 1.29 is 14.3 Å². The summed E-state index contributed by atoms with van der Waals surface area (Å²) in [6, 6.07) is 2.33. The van der Waals surface area contributed by atoms with Gasteiger partial charge in [-0.2, -0.15) is 0 Å². The summed E-state index contributed by atoms with van der Waals surface area (Å²) in [4.78, 5) is 15.7. The van der Waals surface area contributed by atoms with Crippen LogP contribution in [0, 0.1) is 0 Å². The molecule has 0 radical (unpaired) electrons. The molecule has 0 saturated carbocycles. The fraction of sp³-hybridized carbons (Fsp3) is 0.615. The molecule has 1 aliphatic rings. The molecule has 0 atom stereocenters. The minimum atomic E-state index is -0.990. The zero-order valence-electron chi connectivity index (χ0n) is 10.9. The molecule has 18 heavy (non-hydrogen) atoms. The van der Waals surface area contributed by atoms with Gasteiger partial charge in [0.1, 0.15) is 0 Å². The second-order valence-corrected chi connectivity index (χ2v) is 4.99. The first-order chi connectivity index (χ1) is 8.58. The highest BCUT2D eigenvalue weighted by atomic mass is 16.4. The second-order valence-electron chi connectivity index (χ2n) is 4.99. The smallest absolute Gasteiger partial charge is 0.372 e. The van der Waals surface area contributed by atoms with Crippen LogP contribution in [0.5, 0.6) is 0 Å². The summed E-state index contributed by atoms with van der Waals surface area (Å²) in [5, 5.41) is 8.98. The van der Waals surface area contributed by atoms with Crippen molar-refractivity contribution in [3.8, 4) is 0 Å². The average Bonchev–Trinajstić information content (AvgIpc) is 2.78. The molecule has 2 heterocycles. The highest BCUT2D eigenvalue weighted by Crippen LogP contribution is 2.15. The summed E-state index contributed by atoms with van der Waals surface area (Å²) >= 11 is 0. The number of carbonyl (C=O) groups is 1. The van der Waals surface area contributed by atoms with E-state index in [9.17, 15) is 4.79 Å². The van der Waals surface area contributed by atoms with Crippen molar-refractivity contribution in [1.29, 1.82) is 0 Å². The van der Waals surface area contributed by atoms with E-state index < -0.39 is 5.97 Å². The van der Waals surface area contributed by atoms with Gasteiger partial charge in [-0.1, -0.05) is 0 Å². The molecule has 1 aromatic rings. The highest BCUT2D eigenvalue weighted by Gasteiger charge is 2.21. The molecule has 0 spiro atoms. The fourth-order valence-electron chi connectivity index (χ4n) is 2.33. The zero-order valence-corrected chi connectivity index (χ0v) is 10.9. The van der Waals surface area contributed by atoms with Gasteiger partial charge >= 0.3 is 5.97 Å². The first-order valence-electron chi connectivity index (χ1n) is 6.34. The average molecular weight is 252 g/mol. The number of rotatable bonds is 4. The van der Waals surface area contributed by atoms with Crippen LogP contribution in [0.25, 0.3) is 0 Å². The fourth-order valence-corrected chi connectivity index (χ4v) is 2.33. The third-order valence-corrected chi connectivity index (χ3v) is 3.47. The predicted molar refractivity (Wildman–Crippen MR) is 67.7 cm³/mol. The number of nitrogens with zero attached hydrogens (tertiary/aromatic N) is 2. The maximum Gasteiger partial charge on any atom is 0.372 e. The van der Waals surface area contributed by atoms with Gasteiger partial charge in [0.15, 0.2) is 0 Å². The Morgan fingerprint density at radius 1 is 1.39 bits per heavy atom. The lowest BCUT2D eigenvalue weighted by Crippen LogP contribution is -2.48. The van der Waals surface area contributed by atoms with Crippen LogP contribution in [0.15, 0.2) is 16.7 Å². The van der Waals surface area contributed by atoms with Crippen LogP contribution >= 0.6 is 0 Å². The molecule has 2 rings (SSSR count). The number of hydrogen-bond donors (Lipinski definition) is 1. The van der Waals surface area contributed by atoms with Gasteiger partial charge in [0.05, 0.1) is 6.26 Å². The Morgan fingerprint density at radius 2 is 2.06 bits per heavy atom. The van der Waals surface area contributed by atoms with E-state index >= 15 is 0 Å². The molecule has 0 aromatic carbocycles. The Bertz CT molecular complexity index is 406. The minimum absolute atomic E-state index is 0.0706. The summed E-state index contributed by atoms with van der Waals surface area (Å²) < 4.78 is 4.99. The molecule has 1 fully saturated rings. The van der Waals surface area contributed by atoms with Crippen molar-refractivity contribution in [2.45, 2.75) is 26.4 Å². The molecule has 0 aliphatic carbocycles. The Morgan fingerprint density at radius 3 is 2.61 bits per heavy atom. The zero-order chi connectivity index (χ0) is 13.1. The van der Waals surface area contributed by atoms with Gasteiger partial charge < -0.3 is 9.52 Å². The van der Waals surface area contributed by atoms with Crippen LogP contribution in [-0.4, -0.2) is 53.1 Å². The third-order valence-electron chi connectivity index (χ3n) is 3.47. The number of carboxylic acids is 1. The molecule has 0 unspecified atom stereocenters. The molecule has 100 valence electrons. The van der Waals surface area contributed by atoms with E-state index in [1.807, 2.05) is 0 Å². The second kappa shape index (κ2) is 5.54. The van der Waals surface area contributed by atoms with E-state index in [0.29, 0.717) is 12.6 Å². The first kappa shape index (κ1) is 13.1. The lowest BCUT2D eigenvalue weighted by atomic mass is 10.2. The molecule has 1 aromatic heterocycles. The molecule has 5 nitrogen and oxygen atoms in total. The summed E-state index contributed by atoms with van der Waals surface area (Å²) in [5.74, 6) is -0.919. The van der Waals surface area contributed by atoms with E-state index in [4.69, 9.17) is 9.52 Å². The maximum absolute atomic E-state index is 10.9. The lowest BCUT2D eigenvalue weighted by molar-refractivity contribution is 0.0656. The van der Waals surface area contributed by atoms with Crippen molar-refractivity contribution in [1.82, 2.24) is 9.80 Å². The van der Waals surface area contributed by atoms with E-state index in [1.165, 1.54) is 6.26 Å². The van der Waals surface area contributed by atoms with Crippen molar-refractivity contribution in [2.75, 3.05) is 26.2 Å². The van der Waals surface area contributed by atoms with Gasteiger partial charge in [0, 0.05) is 44.3 Å². The summed E-state index contributed by atoms with van der Waals surface area (Å²) in [6.07, 6.45) is 1.45. The normalized spacial score (nSPS) is 18.4. The van der Waals surface area contributed by atoms with Crippen LogP contribution in [0.2, 0.25) is 0 Å². The van der Waals surface area contributed by atoms with Gasteiger partial charge in [-0.05, 0) is 19.9 Å². The van der Waals surface area contributed by atoms with Crippen molar-refractivity contribution in [2.24, 2.45) is 0 Å². The highest BCUT2D eigenvalue weighted by molar-refractivity contribution is 5.86. The topological polar surface area (TPSA) is 56.9 Å². The van der Waals surface area contributed by atoms with Crippen molar-refractivity contribution in [3.63, 3.8) is 0 Å². The Labute approximate surface area is 107 Å². The number of furan rings is 1. The van der Waals surface area contributed by atoms with Gasteiger partial charge in [0.2, 0.25) is 5.76 Å². The van der Waals surface area contributed by atoms with Gasteiger partial charge in [-0.15, -0.1) is 0 Å². The molecular formula is C13H20N2O3. The van der Waals surface area contributed by atoms with Crippen LogP contribution in [0.3, 0.4) is 0 Å². The molecule has 1 aliphatic heterocycles. The molecular weight excluding hydrogens is 232 g/mol. The van der Waals surface area contributed by atoms with Crippen LogP contribution in [-0.2, 0) is 6.54 Å². The molecule has 1 N–H and O–H groups in total. The van der Waals surface area contributed by atoms with E-state index in [0.717, 1.165) is 31.7 Å². The number of aromatic carboxylic acids is 1. The lowest BCUT2D eigenvalue weighted by Gasteiger charge is -2.36. The standard InChI is InChI=1S/C13H20N2O3/c1-10(2)15-6-4-14(5-7-15)9-11-3-8-18-12(11)13(16)17/h3,8,10H,4-7,9H2,1-2H3,(H,16,17). The first-order valence-corrected chi connectivity index (χ1v) is 6.34. The predicted octanol–water partition coefficient (Wildman–Crippen LogP) is 1.50. The molecule has 0 amide bonds. The Hall–Kier alpha value is -1.33. The Kier molecular flexibility index (Phi) is 4.04. The van der Waals surface area contributed by atoms with E-state index in [2.05, 4.69) is 23.6 Å². The number of carboxylic acid groups (broad SMARTS) is 1. The summed E-state index contributed by atoms with van der Waals surface area (Å²) in [7, 11) is 0. The van der Waals surface area contributed by atoms with Gasteiger partial charge in [-0.25, -0.2) is 4.79 Å². The van der Waals surface area contributed by atoms with Crippen molar-refractivity contribution >= 4 is 5.97 Å². The van der Waals surface area contributed by atoms with E-state index in [-0.39, 0.29) is 5.76 Å². The van der Waals surface area contributed by atoms with Gasteiger partial charge in [-0.3, -0.25) is 9.80 Å². The number of hydrogen-bond acceptors (Lipinski definition) is 4. The molecule has 0 bridgehead atoms. The SMILES string of the molecule is CC(C)N1CCN(Cc2ccoc2C(=O)O)CC1. The Balaban J connectivity index is 1.91. The van der Waals surface area contributed by atoms with Crippen LogP contribution in [0.4, 0.5) is 0 Å². The largest absolute Gasteiger partial charge is 0.475 e.